The smallest absolute Gasteiger partial charge is 0.257 e. The van der Waals surface area contributed by atoms with Crippen LogP contribution in [0.5, 0.6) is 0 Å². The predicted octanol–water partition coefficient (Wildman–Crippen LogP) is 4.68. The summed E-state index contributed by atoms with van der Waals surface area (Å²) in [5.74, 6) is 1.18. The highest BCUT2D eigenvalue weighted by Gasteiger charge is 2.11. The molecule has 0 saturated heterocycles. The van der Waals surface area contributed by atoms with Crippen LogP contribution in [-0.2, 0) is 13.1 Å². The molecule has 0 spiro atoms. The lowest BCUT2D eigenvalue weighted by atomic mass is 10.2. The number of halogens is 2. The quantitative estimate of drug-likeness (QED) is 0.672. The molecule has 0 aliphatic heterocycles. The van der Waals surface area contributed by atoms with Crippen molar-refractivity contribution in [3.05, 3.63) is 70.0 Å². The lowest BCUT2D eigenvalue weighted by molar-refractivity contribution is 0.302. The summed E-state index contributed by atoms with van der Waals surface area (Å²) in [4.78, 5) is 6.51. The van der Waals surface area contributed by atoms with E-state index in [1.807, 2.05) is 49.5 Å². The number of hydrogen-bond donors (Lipinski definition) is 0. The average molecular weight is 348 g/mol. The summed E-state index contributed by atoms with van der Waals surface area (Å²) in [5, 5.41) is 5.15. The van der Waals surface area contributed by atoms with E-state index in [-0.39, 0.29) is 0 Å². The Morgan fingerprint density at radius 1 is 1.00 bits per heavy atom. The second kappa shape index (κ2) is 7.13. The van der Waals surface area contributed by atoms with Gasteiger partial charge in [0, 0.05) is 12.1 Å². The first kappa shape index (κ1) is 16.0. The molecule has 118 valence electrons. The highest BCUT2D eigenvalue weighted by molar-refractivity contribution is 6.42. The molecule has 0 saturated carbocycles. The van der Waals surface area contributed by atoms with Gasteiger partial charge in [-0.25, -0.2) is 0 Å². The maximum atomic E-state index is 6.04. The molecule has 0 fully saturated rings. The number of hydrogen-bond acceptors (Lipinski definition) is 4. The fraction of sp³-hybridized carbons (Fsp3) is 0.176. The van der Waals surface area contributed by atoms with E-state index in [0.717, 1.165) is 11.1 Å². The Labute approximate surface area is 144 Å². The Bertz CT molecular complexity index is 790. The van der Waals surface area contributed by atoms with Gasteiger partial charge in [-0.1, -0.05) is 52.6 Å². The van der Waals surface area contributed by atoms with Gasteiger partial charge in [0.05, 0.1) is 16.6 Å². The number of benzene rings is 2. The lowest BCUT2D eigenvalue weighted by Crippen LogP contribution is -2.18. The van der Waals surface area contributed by atoms with Crippen LogP contribution in [0.1, 0.15) is 11.4 Å². The van der Waals surface area contributed by atoms with Crippen LogP contribution in [0.2, 0.25) is 10.0 Å². The van der Waals surface area contributed by atoms with E-state index < -0.39 is 0 Å². The maximum absolute atomic E-state index is 6.04. The molecule has 0 amide bonds. The molecule has 23 heavy (non-hydrogen) atoms. The van der Waals surface area contributed by atoms with Gasteiger partial charge in [0.1, 0.15) is 0 Å². The molecule has 1 aromatic heterocycles. The van der Waals surface area contributed by atoms with Crippen molar-refractivity contribution < 1.29 is 4.52 Å². The Kier molecular flexibility index (Phi) is 4.96. The minimum Gasteiger partial charge on any atom is -0.334 e. The molecule has 2 aromatic carbocycles. The lowest BCUT2D eigenvalue weighted by Gasteiger charge is -2.14. The minimum absolute atomic E-state index is 0.531. The molecule has 3 rings (SSSR count). The maximum Gasteiger partial charge on any atom is 0.257 e. The third-order valence-corrected chi connectivity index (χ3v) is 4.08. The molecule has 1 heterocycles. The van der Waals surface area contributed by atoms with Crippen LogP contribution in [0.3, 0.4) is 0 Å². The largest absolute Gasteiger partial charge is 0.334 e. The van der Waals surface area contributed by atoms with Gasteiger partial charge >= 0.3 is 0 Å². The first-order valence-electron chi connectivity index (χ1n) is 7.12. The van der Waals surface area contributed by atoms with Crippen molar-refractivity contribution in [2.75, 3.05) is 7.05 Å². The van der Waals surface area contributed by atoms with Gasteiger partial charge in [0.25, 0.3) is 5.89 Å². The van der Waals surface area contributed by atoms with Crippen LogP contribution >= 0.6 is 23.2 Å². The third-order valence-electron chi connectivity index (χ3n) is 3.34. The summed E-state index contributed by atoms with van der Waals surface area (Å²) in [7, 11) is 1.99. The molecule has 0 radical (unpaired) electrons. The third kappa shape index (κ3) is 4.10. The molecule has 0 bridgehead atoms. The summed E-state index contributed by atoms with van der Waals surface area (Å²) in [5.41, 5.74) is 1.99. The molecule has 0 N–H and O–H groups in total. The number of aromatic nitrogens is 2. The van der Waals surface area contributed by atoms with E-state index in [4.69, 9.17) is 27.7 Å². The van der Waals surface area contributed by atoms with Crippen LogP contribution < -0.4 is 0 Å². The zero-order valence-electron chi connectivity index (χ0n) is 12.5. The fourth-order valence-electron chi connectivity index (χ4n) is 2.26. The van der Waals surface area contributed by atoms with Crippen molar-refractivity contribution >= 4 is 23.2 Å². The van der Waals surface area contributed by atoms with Crippen LogP contribution in [0, 0.1) is 0 Å². The molecule has 4 nitrogen and oxygen atoms in total. The molecular weight excluding hydrogens is 333 g/mol. The van der Waals surface area contributed by atoms with Crippen LogP contribution in [0.4, 0.5) is 0 Å². The molecule has 0 aliphatic rings. The SMILES string of the molecule is CN(Cc1ccc(Cl)c(Cl)c1)Cc1noc(-c2ccccc2)n1. The van der Waals surface area contributed by atoms with Gasteiger partial charge in [-0.2, -0.15) is 4.98 Å². The van der Waals surface area contributed by atoms with Gasteiger partial charge in [0.2, 0.25) is 0 Å². The predicted molar refractivity (Wildman–Crippen MR) is 91.4 cm³/mol. The van der Waals surface area contributed by atoms with E-state index in [1.165, 1.54) is 0 Å². The Morgan fingerprint density at radius 2 is 1.78 bits per heavy atom. The summed E-state index contributed by atoms with van der Waals surface area (Å²) < 4.78 is 5.31. The molecule has 3 aromatic rings. The Morgan fingerprint density at radius 3 is 2.52 bits per heavy atom. The van der Waals surface area contributed by atoms with E-state index in [0.29, 0.717) is 34.8 Å². The second-order valence-corrected chi connectivity index (χ2v) is 6.12. The van der Waals surface area contributed by atoms with Gasteiger partial charge in [-0.15, -0.1) is 0 Å². The van der Waals surface area contributed by atoms with Crippen molar-refractivity contribution in [1.29, 1.82) is 0 Å². The van der Waals surface area contributed by atoms with Gasteiger partial charge in [-0.05, 0) is 36.9 Å². The minimum atomic E-state index is 0.531. The molecule has 0 aliphatic carbocycles. The zero-order valence-corrected chi connectivity index (χ0v) is 14.1. The summed E-state index contributed by atoms with van der Waals surface area (Å²) in [6.07, 6.45) is 0. The number of rotatable bonds is 5. The monoisotopic (exact) mass is 347 g/mol. The standard InChI is InChI=1S/C17H15Cl2N3O/c1-22(10-12-7-8-14(18)15(19)9-12)11-16-20-17(23-21-16)13-5-3-2-4-6-13/h2-9H,10-11H2,1H3. The first-order valence-corrected chi connectivity index (χ1v) is 7.88. The highest BCUT2D eigenvalue weighted by Crippen LogP contribution is 2.23. The van der Waals surface area contributed by atoms with Crippen molar-refractivity contribution in [2.24, 2.45) is 0 Å². The van der Waals surface area contributed by atoms with Crippen LogP contribution in [-0.4, -0.2) is 22.1 Å². The highest BCUT2D eigenvalue weighted by atomic mass is 35.5. The summed E-state index contributed by atoms with van der Waals surface area (Å²) in [6.45, 7) is 1.29. The van der Waals surface area contributed by atoms with Gasteiger partial charge in [-0.3, -0.25) is 4.90 Å². The van der Waals surface area contributed by atoms with Gasteiger partial charge < -0.3 is 4.52 Å². The zero-order chi connectivity index (χ0) is 16.2. The molecule has 6 heteroatoms. The van der Waals surface area contributed by atoms with E-state index in [2.05, 4.69) is 15.0 Å². The van der Waals surface area contributed by atoms with Crippen LogP contribution in [0.15, 0.2) is 53.1 Å². The van der Waals surface area contributed by atoms with E-state index in [9.17, 15) is 0 Å². The van der Waals surface area contributed by atoms with Crippen molar-refractivity contribution in [1.82, 2.24) is 15.0 Å². The van der Waals surface area contributed by atoms with Crippen molar-refractivity contribution in [2.45, 2.75) is 13.1 Å². The van der Waals surface area contributed by atoms with Crippen molar-refractivity contribution in [3.8, 4) is 11.5 Å². The second-order valence-electron chi connectivity index (χ2n) is 5.30. The average Bonchev–Trinajstić information content (AvgIpc) is 3.00. The first-order chi connectivity index (χ1) is 11.1. The normalized spacial score (nSPS) is 11.1. The molecular formula is C17H15Cl2N3O. The Balaban J connectivity index is 1.65. The summed E-state index contributed by atoms with van der Waals surface area (Å²) >= 11 is 12.0. The van der Waals surface area contributed by atoms with E-state index >= 15 is 0 Å². The Hall–Kier alpha value is -1.88. The molecule has 0 unspecified atom stereocenters. The summed E-state index contributed by atoms with van der Waals surface area (Å²) in [6, 6.07) is 15.3. The molecule has 0 atom stereocenters. The van der Waals surface area contributed by atoms with Crippen LogP contribution in [0.25, 0.3) is 11.5 Å². The van der Waals surface area contributed by atoms with Gasteiger partial charge in [0.15, 0.2) is 5.82 Å². The van der Waals surface area contributed by atoms with Crippen molar-refractivity contribution in [3.63, 3.8) is 0 Å². The number of nitrogens with zero attached hydrogens (tertiary/aromatic N) is 3. The fourth-order valence-corrected chi connectivity index (χ4v) is 2.58. The topological polar surface area (TPSA) is 42.2 Å². The van der Waals surface area contributed by atoms with E-state index in [1.54, 1.807) is 6.07 Å².